The first-order chi connectivity index (χ1) is 8.52. The molecule has 0 saturated carbocycles. The minimum Gasteiger partial charge on any atom is -0.480 e. The van der Waals surface area contributed by atoms with E-state index in [0.29, 0.717) is 24.7 Å². The van der Waals surface area contributed by atoms with E-state index in [1.165, 1.54) is 0 Å². The van der Waals surface area contributed by atoms with E-state index in [1.54, 1.807) is 18.1 Å². The van der Waals surface area contributed by atoms with Gasteiger partial charge in [0.1, 0.15) is 0 Å². The summed E-state index contributed by atoms with van der Waals surface area (Å²) in [5.74, 6) is -0.862. The fourth-order valence-corrected chi connectivity index (χ4v) is 2.25. The second kappa shape index (κ2) is 7.74. The van der Waals surface area contributed by atoms with Gasteiger partial charge in [-0.3, -0.25) is 9.69 Å². The number of aliphatic carboxylic acids is 1. The third-order valence-corrected chi connectivity index (χ3v) is 3.22. The molecule has 0 amide bonds. The maximum Gasteiger partial charge on any atom is 0.317 e. The molecule has 1 N–H and O–H groups in total. The molecule has 6 heteroatoms. The zero-order chi connectivity index (χ0) is 13.5. The molecule has 0 spiro atoms. The quantitative estimate of drug-likeness (QED) is 0.831. The molecule has 0 aliphatic carbocycles. The Morgan fingerprint density at radius 1 is 1.56 bits per heavy atom. The lowest BCUT2D eigenvalue weighted by Gasteiger charge is -2.20. The summed E-state index contributed by atoms with van der Waals surface area (Å²) in [5.41, 5.74) is 0.900. The van der Waals surface area contributed by atoms with Gasteiger partial charge in [-0.05, 0) is 17.7 Å². The van der Waals surface area contributed by atoms with Crippen LogP contribution >= 0.6 is 27.5 Å². The van der Waals surface area contributed by atoms with E-state index in [-0.39, 0.29) is 6.54 Å². The van der Waals surface area contributed by atoms with Crippen LogP contribution in [-0.4, -0.2) is 42.8 Å². The van der Waals surface area contributed by atoms with Crippen molar-refractivity contribution < 1.29 is 14.6 Å². The van der Waals surface area contributed by atoms with Crippen LogP contribution < -0.4 is 0 Å². The highest BCUT2D eigenvalue weighted by molar-refractivity contribution is 9.10. The number of carbonyl (C=O) groups is 1. The number of nitrogens with zero attached hydrogens (tertiary/aromatic N) is 1. The lowest BCUT2D eigenvalue weighted by Crippen LogP contribution is -2.32. The molecule has 0 unspecified atom stereocenters. The van der Waals surface area contributed by atoms with Crippen molar-refractivity contribution in [2.45, 2.75) is 6.54 Å². The van der Waals surface area contributed by atoms with E-state index >= 15 is 0 Å². The van der Waals surface area contributed by atoms with Crippen LogP contribution in [0.25, 0.3) is 0 Å². The average molecular weight is 337 g/mol. The van der Waals surface area contributed by atoms with E-state index in [1.807, 2.05) is 12.1 Å². The van der Waals surface area contributed by atoms with Gasteiger partial charge in [-0.25, -0.2) is 0 Å². The third-order valence-electron chi connectivity index (χ3n) is 2.38. The molecular formula is C12H15BrClNO3. The second-order valence-corrected chi connectivity index (χ2v) is 5.16. The molecule has 1 rings (SSSR count). The SMILES string of the molecule is COCCN(CC(=O)O)Cc1ccc(Br)cc1Cl. The summed E-state index contributed by atoms with van der Waals surface area (Å²) in [5, 5.41) is 9.47. The number of carboxylic acids is 1. The lowest BCUT2D eigenvalue weighted by molar-refractivity contribution is -0.138. The topological polar surface area (TPSA) is 49.8 Å². The lowest BCUT2D eigenvalue weighted by atomic mass is 10.2. The summed E-state index contributed by atoms with van der Waals surface area (Å²) in [6, 6.07) is 5.57. The molecule has 0 saturated heterocycles. The first-order valence-corrected chi connectivity index (χ1v) is 6.57. The summed E-state index contributed by atoms with van der Waals surface area (Å²) < 4.78 is 5.87. The zero-order valence-electron chi connectivity index (χ0n) is 10.0. The van der Waals surface area contributed by atoms with Gasteiger partial charge in [0, 0.05) is 29.7 Å². The highest BCUT2D eigenvalue weighted by Crippen LogP contribution is 2.22. The number of halogens is 2. The van der Waals surface area contributed by atoms with Gasteiger partial charge in [0.2, 0.25) is 0 Å². The van der Waals surface area contributed by atoms with Crippen molar-refractivity contribution >= 4 is 33.5 Å². The van der Waals surface area contributed by atoms with E-state index in [2.05, 4.69) is 15.9 Å². The van der Waals surface area contributed by atoms with Gasteiger partial charge < -0.3 is 9.84 Å². The van der Waals surface area contributed by atoms with Gasteiger partial charge in [-0.15, -0.1) is 0 Å². The van der Waals surface area contributed by atoms with Crippen molar-refractivity contribution in [3.8, 4) is 0 Å². The molecular weight excluding hydrogens is 321 g/mol. The van der Waals surface area contributed by atoms with Crippen LogP contribution in [0.2, 0.25) is 5.02 Å². The van der Waals surface area contributed by atoms with E-state index in [9.17, 15) is 4.79 Å². The maximum atomic E-state index is 10.8. The molecule has 4 nitrogen and oxygen atoms in total. The number of hydrogen-bond donors (Lipinski definition) is 1. The molecule has 0 bridgehead atoms. The van der Waals surface area contributed by atoms with Crippen LogP contribution in [0.3, 0.4) is 0 Å². The van der Waals surface area contributed by atoms with Crippen LogP contribution in [-0.2, 0) is 16.1 Å². The molecule has 100 valence electrons. The van der Waals surface area contributed by atoms with E-state index in [4.69, 9.17) is 21.4 Å². The Morgan fingerprint density at radius 2 is 2.28 bits per heavy atom. The predicted octanol–water partition coefficient (Wildman–Crippen LogP) is 2.64. The first-order valence-electron chi connectivity index (χ1n) is 5.40. The summed E-state index contributed by atoms with van der Waals surface area (Å²) in [7, 11) is 1.59. The highest BCUT2D eigenvalue weighted by atomic mass is 79.9. The minimum atomic E-state index is -0.862. The van der Waals surface area contributed by atoms with E-state index in [0.717, 1.165) is 10.0 Å². The number of carboxylic acid groups (broad SMARTS) is 1. The molecule has 1 aromatic rings. The van der Waals surface area contributed by atoms with Gasteiger partial charge >= 0.3 is 5.97 Å². The Bertz CT molecular complexity index is 414. The second-order valence-electron chi connectivity index (χ2n) is 3.83. The van der Waals surface area contributed by atoms with Gasteiger partial charge in [-0.1, -0.05) is 33.6 Å². The Kier molecular flexibility index (Phi) is 6.63. The molecule has 0 heterocycles. The summed E-state index contributed by atoms with van der Waals surface area (Å²) in [6.07, 6.45) is 0. The fourth-order valence-electron chi connectivity index (χ4n) is 1.52. The number of methoxy groups -OCH3 is 1. The molecule has 0 aliphatic heterocycles. The van der Waals surface area contributed by atoms with Crippen LogP contribution in [0, 0.1) is 0 Å². The van der Waals surface area contributed by atoms with Crippen molar-refractivity contribution in [3.63, 3.8) is 0 Å². The van der Waals surface area contributed by atoms with Gasteiger partial charge in [-0.2, -0.15) is 0 Å². The predicted molar refractivity (Wildman–Crippen MR) is 73.9 cm³/mol. The Hall–Kier alpha value is -0.620. The Morgan fingerprint density at radius 3 is 2.83 bits per heavy atom. The van der Waals surface area contributed by atoms with Crippen molar-refractivity contribution in [3.05, 3.63) is 33.3 Å². The molecule has 0 radical (unpaired) electrons. The number of hydrogen-bond acceptors (Lipinski definition) is 3. The standard InChI is InChI=1S/C12H15BrClNO3/c1-18-5-4-15(8-12(16)17)7-9-2-3-10(13)6-11(9)14/h2-3,6H,4-5,7-8H2,1H3,(H,16,17). The first kappa shape index (κ1) is 15.4. The molecule has 0 aromatic heterocycles. The Balaban J connectivity index is 2.71. The molecule has 1 aromatic carbocycles. The highest BCUT2D eigenvalue weighted by Gasteiger charge is 2.12. The molecule has 18 heavy (non-hydrogen) atoms. The van der Waals surface area contributed by atoms with Gasteiger partial charge in [0.15, 0.2) is 0 Å². The largest absolute Gasteiger partial charge is 0.480 e. The molecule has 0 fully saturated rings. The third kappa shape index (κ3) is 5.35. The average Bonchev–Trinajstić information content (AvgIpc) is 2.29. The smallest absolute Gasteiger partial charge is 0.317 e. The van der Waals surface area contributed by atoms with Crippen LogP contribution in [0.4, 0.5) is 0 Å². The summed E-state index contributed by atoms with van der Waals surface area (Å²) >= 11 is 9.44. The van der Waals surface area contributed by atoms with Crippen LogP contribution in [0.1, 0.15) is 5.56 Å². The van der Waals surface area contributed by atoms with Crippen molar-refractivity contribution in [2.24, 2.45) is 0 Å². The summed E-state index contributed by atoms with van der Waals surface area (Å²) in [6.45, 7) is 1.49. The maximum absolute atomic E-state index is 10.8. The fraction of sp³-hybridized carbons (Fsp3) is 0.417. The minimum absolute atomic E-state index is 0.0320. The van der Waals surface area contributed by atoms with Gasteiger partial charge in [0.05, 0.1) is 13.2 Å². The Labute approximate surface area is 120 Å². The zero-order valence-corrected chi connectivity index (χ0v) is 12.4. The van der Waals surface area contributed by atoms with Crippen molar-refractivity contribution in [1.29, 1.82) is 0 Å². The van der Waals surface area contributed by atoms with Crippen molar-refractivity contribution in [2.75, 3.05) is 26.8 Å². The summed E-state index contributed by atoms with van der Waals surface area (Å²) in [4.78, 5) is 12.6. The van der Waals surface area contributed by atoms with Crippen LogP contribution in [0.5, 0.6) is 0 Å². The monoisotopic (exact) mass is 335 g/mol. The van der Waals surface area contributed by atoms with Crippen molar-refractivity contribution in [1.82, 2.24) is 4.90 Å². The normalized spacial score (nSPS) is 10.9. The molecule has 0 aliphatic rings. The van der Waals surface area contributed by atoms with Crippen LogP contribution in [0.15, 0.2) is 22.7 Å². The van der Waals surface area contributed by atoms with E-state index < -0.39 is 5.97 Å². The number of ether oxygens (including phenoxy) is 1. The number of benzene rings is 1. The number of rotatable bonds is 7. The van der Waals surface area contributed by atoms with Gasteiger partial charge in [0.25, 0.3) is 0 Å². The molecule has 0 atom stereocenters.